The van der Waals surface area contributed by atoms with Gasteiger partial charge in [0.15, 0.2) is 0 Å². The molecule has 0 saturated carbocycles. The highest BCUT2D eigenvalue weighted by Gasteiger charge is 2.09. The van der Waals surface area contributed by atoms with E-state index in [2.05, 4.69) is 62.4 Å². The highest BCUT2D eigenvalue weighted by Crippen LogP contribution is 2.20. The van der Waals surface area contributed by atoms with Crippen molar-refractivity contribution in [3.63, 3.8) is 0 Å². The van der Waals surface area contributed by atoms with E-state index in [9.17, 15) is 0 Å². The summed E-state index contributed by atoms with van der Waals surface area (Å²) < 4.78 is 0. The molecule has 0 aliphatic heterocycles. The number of allylic oxidation sites excluding steroid dienone is 3. The zero-order chi connectivity index (χ0) is 17.2. The van der Waals surface area contributed by atoms with Crippen LogP contribution in [0.3, 0.4) is 0 Å². The first-order valence-electron chi connectivity index (χ1n) is 8.69. The summed E-state index contributed by atoms with van der Waals surface area (Å²) in [6, 6.07) is 7.28. The standard InChI is InChI=1S/C21H32N2/c1-7-19(12-14-22-8-2)21-11-10-18(6)20(16-21)13-15-23(9-3)17(4)5/h7,10-12,14,16-17H,1,8-9,13,15H2,2-6H3/b19-12+,22-14?. The van der Waals surface area contributed by atoms with Crippen LogP contribution in [0.2, 0.25) is 0 Å². The zero-order valence-corrected chi connectivity index (χ0v) is 15.5. The van der Waals surface area contributed by atoms with Crippen molar-refractivity contribution >= 4 is 11.8 Å². The van der Waals surface area contributed by atoms with E-state index in [4.69, 9.17) is 0 Å². The molecule has 0 spiro atoms. The highest BCUT2D eigenvalue weighted by atomic mass is 15.1. The number of aryl methyl sites for hydroxylation is 1. The minimum absolute atomic E-state index is 0.595. The summed E-state index contributed by atoms with van der Waals surface area (Å²) in [5.41, 5.74) is 5.12. The molecule has 0 aromatic heterocycles. The fourth-order valence-corrected chi connectivity index (χ4v) is 2.69. The summed E-state index contributed by atoms with van der Waals surface area (Å²) in [7, 11) is 0. The topological polar surface area (TPSA) is 15.6 Å². The lowest BCUT2D eigenvalue weighted by Crippen LogP contribution is -2.32. The maximum Gasteiger partial charge on any atom is 0.0360 e. The molecule has 1 rings (SSSR count). The lowest BCUT2D eigenvalue weighted by molar-refractivity contribution is 0.236. The van der Waals surface area contributed by atoms with E-state index in [1.165, 1.54) is 16.7 Å². The largest absolute Gasteiger partial charge is 0.301 e. The van der Waals surface area contributed by atoms with Crippen LogP contribution in [-0.2, 0) is 6.42 Å². The number of hydrogen-bond donors (Lipinski definition) is 0. The SMILES string of the molecule is C=C/C(=C\C=NCC)c1ccc(C)c(CCN(CC)C(C)C)c1. The summed E-state index contributed by atoms with van der Waals surface area (Å²) >= 11 is 0. The van der Waals surface area contributed by atoms with Crippen molar-refractivity contribution in [1.29, 1.82) is 0 Å². The highest BCUT2D eigenvalue weighted by molar-refractivity contribution is 5.88. The third kappa shape index (κ3) is 6.15. The number of nitrogens with zero attached hydrogens (tertiary/aromatic N) is 2. The molecule has 0 unspecified atom stereocenters. The molecule has 0 aliphatic carbocycles. The summed E-state index contributed by atoms with van der Waals surface area (Å²) in [5.74, 6) is 0. The number of rotatable bonds is 9. The molecule has 0 atom stereocenters. The van der Waals surface area contributed by atoms with Crippen LogP contribution in [0.1, 0.15) is 44.4 Å². The smallest absolute Gasteiger partial charge is 0.0360 e. The van der Waals surface area contributed by atoms with Gasteiger partial charge in [-0.05, 0) is 69.0 Å². The van der Waals surface area contributed by atoms with Crippen LogP contribution in [0.4, 0.5) is 0 Å². The summed E-state index contributed by atoms with van der Waals surface area (Å²) in [6.07, 6.45) is 6.90. The average Bonchev–Trinajstić information content (AvgIpc) is 2.54. The molecule has 0 aliphatic rings. The van der Waals surface area contributed by atoms with Crippen LogP contribution in [0.5, 0.6) is 0 Å². The summed E-state index contributed by atoms with van der Waals surface area (Å²) in [4.78, 5) is 6.76. The minimum atomic E-state index is 0.595. The van der Waals surface area contributed by atoms with E-state index in [1.54, 1.807) is 0 Å². The van der Waals surface area contributed by atoms with Crippen LogP contribution in [0.15, 0.2) is 41.9 Å². The van der Waals surface area contributed by atoms with Crippen LogP contribution in [0.25, 0.3) is 5.57 Å². The normalized spacial score (nSPS) is 12.6. The Kier molecular flexibility index (Phi) is 8.57. The number of hydrogen-bond acceptors (Lipinski definition) is 2. The van der Waals surface area contributed by atoms with Crippen molar-refractivity contribution in [2.24, 2.45) is 4.99 Å². The van der Waals surface area contributed by atoms with Gasteiger partial charge in [0.2, 0.25) is 0 Å². The van der Waals surface area contributed by atoms with E-state index in [0.29, 0.717) is 6.04 Å². The molecule has 2 heteroatoms. The lowest BCUT2D eigenvalue weighted by atomic mass is 9.97. The molecule has 0 bridgehead atoms. The van der Waals surface area contributed by atoms with Crippen LogP contribution in [0, 0.1) is 6.92 Å². The van der Waals surface area contributed by atoms with Crippen molar-refractivity contribution in [2.45, 2.75) is 47.1 Å². The quantitative estimate of drug-likeness (QED) is 0.466. The molecular weight excluding hydrogens is 280 g/mol. The van der Waals surface area contributed by atoms with E-state index >= 15 is 0 Å². The van der Waals surface area contributed by atoms with Gasteiger partial charge in [0.25, 0.3) is 0 Å². The number of likely N-dealkylation sites (N-methyl/N-ethyl adjacent to an activating group) is 1. The Hall–Kier alpha value is -1.67. The Balaban J connectivity index is 2.96. The summed E-state index contributed by atoms with van der Waals surface area (Å²) in [6.45, 7) is 17.9. The second-order valence-electron chi connectivity index (χ2n) is 6.09. The zero-order valence-electron chi connectivity index (χ0n) is 15.5. The lowest BCUT2D eigenvalue weighted by Gasteiger charge is -2.25. The molecule has 0 N–H and O–H groups in total. The van der Waals surface area contributed by atoms with E-state index < -0.39 is 0 Å². The first-order valence-corrected chi connectivity index (χ1v) is 8.69. The molecule has 0 fully saturated rings. The van der Waals surface area contributed by atoms with Crippen molar-refractivity contribution in [1.82, 2.24) is 4.90 Å². The second-order valence-corrected chi connectivity index (χ2v) is 6.09. The van der Waals surface area contributed by atoms with Gasteiger partial charge >= 0.3 is 0 Å². The van der Waals surface area contributed by atoms with Gasteiger partial charge < -0.3 is 4.90 Å². The Morgan fingerprint density at radius 2 is 2.04 bits per heavy atom. The molecule has 0 radical (unpaired) electrons. The fraction of sp³-hybridized carbons (Fsp3) is 0.476. The molecule has 2 nitrogen and oxygen atoms in total. The first-order chi connectivity index (χ1) is 11.0. The third-order valence-corrected chi connectivity index (χ3v) is 4.25. The van der Waals surface area contributed by atoms with Crippen LogP contribution < -0.4 is 0 Å². The fourth-order valence-electron chi connectivity index (χ4n) is 2.69. The van der Waals surface area contributed by atoms with Crippen LogP contribution >= 0.6 is 0 Å². The van der Waals surface area contributed by atoms with Gasteiger partial charge in [-0.15, -0.1) is 0 Å². The molecule has 0 saturated heterocycles. The summed E-state index contributed by atoms with van der Waals surface area (Å²) in [5, 5.41) is 0. The molecule has 1 aromatic rings. The Bertz CT molecular complexity index is 553. The van der Waals surface area contributed by atoms with E-state index in [-0.39, 0.29) is 0 Å². The second kappa shape index (κ2) is 10.2. The molecule has 0 amide bonds. The monoisotopic (exact) mass is 312 g/mol. The molecule has 0 heterocycles. The van der Waals surface area contributed by atoms with Crippen molar-refractivity contribution < 1.29 is 0 Å². The van der Waals surface area contributed by atoms with Gasteiger partial charge in [-0.25, -0.2) is 0 Å². The predicted molar refractivity (Wildman–Crippen MR) is 104 cm³/mol. The van der Waals surface area contributed by atoms with Gasteiger partial charge in [0.1, 0.15) is 0 Å². The van der Waals surface area contributed by atoms with Gasteiger partial charge in [-0.2, -0.15) is 0 Å². The van der Waals surface area contributed by atoms with Gasteiger partial charge in [-0.1, -0.05) is 37.8 Å². The predicted octanol–water partition coefficient (Wildman–Crippen LogP) is 4.93. The average molecular weight is 313 g/mol. The van der Waals surface area contributed by atoms with E-state index in [1.807, 2.05) is 25.3 Å². The number of benzene rings is 1. The van der Waals surface area contributed by atoms with Crippen LogP contribution in [-0.4, -0.2) is 36.8 Å². The molecule has 23 heavy (non-hydrogen) atoms. The maximum absolute atomic E-state index is 4.26. The molecular formula is C21H32N2. The third-order valence-electron chi connectivity index (χ3n) is 4.25. The molecule has 1 aromatic carbocycles. The molecule has 126 valence electrons. The van der Waals surface area contributed by atoms with Gasteiger partial charge in [0, 0.05) is 25.3 Å². The van der Waals surface area contributed by atoms with Crippen molar-refractivity contribution in [3.8, 4) is 0 Å². The van der Waals surface area contributed by atoms with Gasteiger partial charge in [-0.3, -0.25) is 4.99 Å². The Morgan fingerprint density at radius 3 is 2.61 bits per heavy atom. The Morgan fingerprint density at radius 1 is 1.30 bits per heavy atom. The maximum atomic E-state index is 4.26. The minimum Gasteiger partial charge on any atom is -0.301 e. The Labute approximate surface area is 142 Å². The van der Waals surface area contributed by atoms with Gasteiger partial charge in [0.05, 0.1) is 0 Å². The van der Waals surface area contributed by atoms with Crippen molar-refractivity contribution in [3.05, 3.63) is 53.6 Å². The first kappa shape index (κ1) is 19.4. The van der Waals surface area contributed by atoms with Crippen molar-refractivity contribution in [2.75, 3.05) is 19.6 Å². The number of aliphatic imine (C=N–C) groups is 1. The van der Waals surface area contributed by atoms with E-state index in [0.717, 1.165) is 31.6 Å².